The van der Waals surface area contributed by atoms with Crippen LogP contribution in [0, 0.1) is 0 Å². The molecule has 2 nitrogen and oxygen atoms in total. The van der Waals surface area contributed by atoms with Gasteiger partial charge in [0.2, 0.25) is 0 Å². The molecule has 0 bridgehead atoms. The lowest BCUT2D eigenvalue weighted by atomic mass is 10.0. The summed E-state index contributed by atoms with van der Waals surface area (Å²) in [5, 5.41) is 14.2. The van der Waals surface area contributed by atoms with Crippen LogP contribution in [0.15, 0.2) is 29.8 Å². The van der Waals surface area contributed by atoms with Crippen LogP contribution >= 0.6 is 11.6 Å². The molecule has 1 aliphatic heterocycles. The first-order chi connectivity index (χ1) is 8.04. The second-order valence-electron chi connectivity index (χ2n) is 4.89. The van der Waals surface area contributed by atoms with Gasteiger partial charge < -0.3 is 10.4 Å². The highest BCUT2D eigenvalue weighted by atomic mass is 35.5. The van der Waals surface area contributed by atoms with Crippen LogP contribution in [0.3, 0.4) is 0 Å². The molecule has 1 heterocycles. The Kier molecular flexibility index (Phi) is 3.75. The summed E-state index contributed by atoms with van der Waals surface area (Å²) in [6, 6.07) is 5.99. The van der Waals surface area contributed by atoms with Crippen molar-refractivity contribution < 1.29 is 5.11 Å². The molecule has 0 aromatic heterocycles. The first-order valence-corrected chi connectivity index (χ1v) is 6.30. The van der Waals surface area contributed by atoms with Gasteiger partial charge in [0.05, 0.1) is 6.10 Å². The number of benzene rings is 1. The zero-order valence-electron chi connectivity index (χ0n) is 10.2. The summed E-state index contributed by atoms with van der Waals surface area (Å²) >= 11 is 5.98. The van der Waals surface area contributed by atoms with Crippen LogP contribution in [0.5, 0.6) is 0 Å². The fourth-order valence-corrected chi connectivity index (χ4v) is 2.47. The van der Waals surface area contributed by atoms with E-state index in [0.29, 0.717) is 6.42 Å². The lowest BCUT2D eigenvalue weighted by molar-refractivity contribution is 0.165. The SMILES string of the molecule is CC(C)=C[C@@H]1C[C@H](O)Cc2cc(Cl)ccc2N1. The van der Waals surface area contributed by atoms with E-state index in [-0.39, 0.29) is 12.1 Å². The molecule has 0 fully saturated rings. The normalized spacial score (nSPS) is 23.3. The van der Waals surface area contributed by atoms with Crippen molar-refractivity contribution in [3.8, 4) is 0 Å². The molecule has 92 valence electrons. The third-order valence-electron chi connectivity index (χ3n) is 2.92. The Hall–Kier alpha value is -0.990. The van der Waals surface area contributed by atoms with Crippen LogP contribution in [0.1, 0.15) is 25.8 Å². The molecule has 17 heavy (non-hydrogen) atoms. The van der Waals surface area contributed by atoms with Crippen LogP contribution in [-0.2, 0) is 6.42 Å². The molecule has 0 amide bonds. The molecule has 1 aromatic rings. The first kappa shape index (κ1) is 12.5. The maximum atomic E-state index is 10.00. The van der Waals surface area contributed by atoms with E-state index in [2.05, 4.69) is 25.2 Å². The minimum Gasteiger partial charge on any atom is -0.393 e. The van der Waals surface area contributed by atoms with Gasteiger partial charge in [-0.15, -0.1) is 0 Å². The van der Waals surface area contributed by atoms with Crippen molar-refractivity contribution in [1.29, 1.82) is 0 Å². The number of halogens is 1. The van der Waals surface area contributed by atoms with E-state index in [9.17, 15) is 5.11 Å². The number of allylic oxidation sites excluding steroid dienone is 1. The van der Waals surface area contributed by atoms with E-state index >= 15 is 0 Å². The Bertz CT molecular complexity index is 438. The Morgan fingerprint density at radius 2 is 2.24 bits per heavy atom. The van der Waals surface area contributed by atoms with Gasteiger partial charge in [-0.3, -0.25) is 0 Å². The minimum absolute atomic E-state index is 0.192. The van der Waals surface area contributed by atoms with E-state index < -0.39 is 0 Å². The molecular weight excluding hydrogens is 234 g/mol. The molecule has 0 radical (unpaired) electrons. The van der Waals surface area contributed by atoms with Gasteiger partial charge in [-0.05, 0) is 44.0 Å². The molecule has 2 atom stereocenters. The summed E-state index contributed by atoms with van der Waals surface area (Å²) in [6.07, 6.45) is 3.24. The third kappa shape index (κ3) is 3.24. The highest BCUT2D eigenvalue weighted by molar-refractivity contribution is 6.30. The molecule has 2 rings (SSSR count). The summed E-state index contributed by atoms with van der Waals surface area (Å²) in [4.78, 5) is 0. The second-order valence-corrected chi connectivity index (χ2v) is 5.33. The maximum Gasteiger partial charge on any atom is 0.0604 e. The molecule has 3 heteroatoms. The van der Waals surface area contributed by atoms with Gasteiger partial charge in [-0.25, -0.2) is 0 Å². The van der Waals surface area contributed by atoms with E-state index in [0.717, 1.165) is 22.7 Å². The van der Waals surface area contributed by atoms with E-state index in [1.54, 1.807) is 0 Å². The predicted octanol–water partition coefficient (Wildman–Crippen LogP) is 3.39. The van der Waals surface area contributed by atoms with Gasteiger partial charge in [-0.1, -0.05) is 23.3 Å². The van der Waals surface area contributed by atoms with E-state index in [1.165, 1.54) is 5.57 Å². The van der Waals surface area contributed by atoms with Crippen molar-refractivity contribution in [1.82, 2.24) is 0 Å². The third-order valence-corrected chi connectivity index (χ3v) is 3.16. The Morgan fingerprint density at radius 1 is 1.47 bits per heavy atom. The van der Waals surface area contributed by atoms with Gasteiger partial charge in [0.25, 0.3) is 0 Å². The van der Waals surface area contributed by atoms with E-state index in [1.807, 2.05) is 18.2 Å². The summed E-state index contributed by atoms with van der Waals surface area (Å²) in [6.45, 7) is 4.14. The highest BCUT2D eigenvalue weighted by Crippen LogP contribution is 2.27. The summed E-state index contributed by atoms with van der Waals surface area (Å²) in [5.41, 5.74) is 3.43. The van der Waals surface area contributed by atoms with Crippen molar-refractivity contribution in [2.24, 2.45) is 0 Å². The van der Waals surface area contributed by atoms with Crippen molar-refractivity contribution in [2.45, 2.75) is 38.8 Å². The van der Waals surface area contributed by atoms with Crippen molar-refractivity contribution in [3.63, 3.8) is 0 Å². The fourth-order valence-electron chi connectivity index (χ4n) is 2.27. The molecular formula is C14H18ClNO. The summed E-state index contributed by atoms with van der Waals surface area (Å²) in [7, 11) is 0. The minimum atomic E-state index is -0.317. The number of aliphatic hydroxyl groups excluding tert-OH is 1. The Morgan fingerprint density at radius 3 is 2.94 bits per heavy atom. The lowest BCUT2D eigenvalue weighted by Gasteiger charge is -2.16. The molecule has 0 aliphatic carbocycles. The van der Waals surface area contributed by atoms with Crippen LogP contribution in [0.4, 0.5) is 5.69 Å². The maximum absolute atomic E-state index is 10.00. The van der Waals surface area contributed by atoms with Crippen molar-refractivity contribution >= 4 is 17.3 Å². The van der Waals surface area contributed by atoms with Crippen LogP contribution in [-0.4, -0.2) is 17.3 Å². The largest absolute Gasteiger partial charge is 0.393 e. The molecule has 0 spiro atoms. The van der Waals surface area contributed by atoms with Gasteiger partial charge in [0.1, 0.15) is 0 Å². The first-order valence-electron chi connectivity index (χ1n) is 5.92. The van der Waals surface area contributed by atoms with Gasteiger partial charge >= 0.3 is 0 Å². The lowest BCUT2D eigenvalue weighted by Crippen LogP contribution is -2.21. The van der Waals surface area contributed by atoms with Crippen molar-refractivity contribution in [3.05, 3.63) is 40.4 Å². The quantitative estimate of drug-likeness (QED) is 0.750. The highest BCUT2D eigenvalue weighted by Gasteiger charge is 2.20. The van der Waals surface area contributed by atoms with Crippen LogP contribution in [0.2, 0.25) is 5.02 Å². The zero-order chi connectivity index (χ0) is 12.4. The molecule has 0 unspecified atom stereocenters. The van der Waals surface area contributed by atoms with Gasteiger partial charge in [-0.2, -0.15) is 0 Å². The number of anilines is 1. The number of fused-ring (bicyclic) bond motifs is 1. The van der Waals surface area contributed by atoms with Gasteiger partial charge in [0.15, 0.2) is 0 Å². The number of rotatable bonds is 1. The summed E-state index contributed by atoms with van der Waals surface area (Å²) < 4.78 is 0. The average Bonchev–Trinajstić information content (AvgIpc) is 2.34. The average molecular weight is 252 g/mol. The number of aliphatic hydroxyl groups is 1. The molecule has 0 saturated heterocycles. The molecule has 1 aliphatic rings. The number of hydrogen-bond donors (Lipinski definition) is 2. The Balaban J connectivity index is 2.30. The fraction of sp³-hybridized carbons (Fsp3) is 0.429. The van der Waals surface area contributed by atoms with E-state index in [4.69, 9.17) is 11.6 Å². The van der Waals surface area contributed by atoms with Gasteiger partial charge in [0, 0.05) is 23.2 Å². The molecule has 0 saturated carbocycles. The molecule has 2 N–H and O–H groups in total. The second kappa shape index (κ2) is 5.11. The zero-order valence-corrected chi connectivity index (χ0v) is 11.0. The van der Waals surface area contributed by atoms with Crippen molar-refractivity contribution in [2.75, 3.05) is 5.32 Å². The van der Waals surface area contributed by atoms with Crippen LogP contribution in [0.25, 0.3) is 0 Å². The number of nitrogens with one attached hydrogen (secondary N) is 1. The topological polar surface area (TPSA) is 32.3 Å². The Labute approximate surface area is 107 Å². The number of hydrogen-bond acceptors (Lipinski definition) is 2. The summed E-state index contributed by atoms with van der Waals surface area (Å²) in [5.74, 6) is 0. The monoisotopic (exact) mass is 251 g/mol. The predicted molar refractivity (Wildman–Crippen MR) is 72.6 cm³/mol. The standard InChI is InChI=1S/C14H18ClNO/c1-9(2)5-12-8-13(17)7-10-6-11(15)3-4-14(10)16-12/h3-6,12-13,16-17H,7-8H2,1-2H3/t12-,13-/m1/s1. The molecule has 1 aromatic carbocycles. The smallest absolute Gasteiger partial charge is 0.0604 e. The van der Waals surface area contributed by atoms with Crippen LogP contribution < -0.4 is 5.32 Å².